The number of aromatic nitrogens is 4. The molecule has 3 aliphatic heterocycles. The minimum Gasteiger partial charge on any atom is -0.336 e. The number of aryl methyl sites for hydroxylation is 1. The maximum Gasteiger partial charge on any atom is 0.317 e. The van der Waals surface area contributed by atoms with Gasteiger partial charge in [0.1, 0.15) is 11.5 Å². The van der Waals surface area contributed by atoms with Gasteiger partial charge in [-0.2, -0.15) is 5.10 Å². The van der Waals surface area contributed by atoms with Gasteiger partial charge >= 0.3 is 6.03 Å². The molecule has 0 saturated carbocycles. The summed E-state index contributed by atoms with van der Waals surface area (Å²) in [4.78, 5) is 47.2. The van der Waals surface area contributed by atoms with E-state index in [0.717, 1.165) is 24.4 Å². The van der Waals surface area contributed by atoms with E-state index in [1.54, 1.807) is 33.5 Å². The SMILES string of the molecule is CC(C)NC(=O)N1CCC2(CCn3c2nc2c(c3=O)CN(C(=O)c3ccn(C)n3)CC2)C1. The molecule has 32 heavy (non-hydrogen) atoms. The molecule has 3 amide bonds. The topological polar surface area (TPSA) is 105 Å². The van der Waals surface area contributed by atoms with Crippen LogP contribution in [0.2, 0.25) is 0 Å². The predicted molar refractivity (Wildman–Crippen MR) is 116 cm³/mol. The molecule has 170 valence electrons. The van der Waals surface area contributed by atoms with Crippen LogP contribution in [0.3, 0.4) is 0 Å². The third-order valence-corrected chi connectivity index (χ3v) is 6.88. The van der Waals surface area contributed by atoms with Crippen LogP contribution in [0.25, 0.3) is 0 Å². The summed E-state index contributed by atoms with van der Waals surface area (Å²) in [6.45, 7) is 6.51. The monoisotopic (exact) mass is 439 g/mol. The van der Waals surface area contributed by atoms with Crippen molar-refractivity contribution in [2.75, 3.05) is 19.6 Å². The molecular formula is C22H29N7O3. The number of carbonyl (C=O) groups excluding carboxylic acids is 2. The molecule has 0 aliphatic carbocycles. The minimum absolute atomic E-state index is 0.0505. The molecule has 1 spiro atoms. The van der Waals surface area contributed by atoms with Gasteiger partial charge in [-0.05, 0) is 32.8 Å². The lowest BCUT2D eigenvalue weighted by atomic mass is 9.85. The van der Waals surface area contributed by atoms with Crippen molar-refractivity contribution in [3.8, 4) is 0 Å². The molecule has 1 atom stereocenters. The number of carbonyl (C=O) groups is 2. The highest BCUT2D eigenvalue weighted by molar-refractivity contribution is 5.92. The second-order valence-electron chi connectivity index (χ2n) is 9.47. The number of fused-ring (bicyclic) bond motifs is 3. The van der Waals surface area contributed by atoms with E-state index in [0.29, 0.717) is 43.9 Å². The van der Waals surface area contributed by atoms with Gasteiger partial charge in [-0.15, -0.1) is 0 Å². The maximum atomic E-state index is 13.4. The Labute approximate surface area is 186 Å². The first kappa shape index (κ1) is 20.7. The zero-order valence-corrected chi connectivity index (χ0v) is 18.8. The molecule has 1 fully saturated rings. The van der Waals surface area contributed by atoms with E-state index >= 15 is 0 Å². The van der Waals surface area contributed by atoms with Crippen molar-refractivity contribution in [2.45, 2.75) is 57.7 Å². The van der Waals surface area contributed by atoms with E-state index < -0.39 is 0 Å². The van der Waals surface area contributed by atoms with Crippen LogP contribution in [-0.2, 0) is 32.0 Å². The fourth-order valence-electron chi connectivity index (χ4n) is 5.20. The van der Waals surface area contributed by atoms with Crippen LogP contribution in [-0.4, -0.2) is 66.7 Å². The Hall–Kier alpha value is -3.17. The highest BCUT2D eigenvalue weighted by atomic mass is 16.2. The smallest absolute Gasteiger partial charge is 0.317 e. The Morgan fingerprint density at radius 3 is 2.66 bits per heavy atom. The number of hydrogen-bond acceptors (Lipinski definition) is 5. The molecule has 10 nitrogen and oxygen atoms in total. The second kappa shape index (κ2) is 7.46. The molecule has 1 unspecified atom stereocenters. The average Bonchev–Trinajstić information content (AvgIpc) is 3.47. The Kier molecular flexibility index (Phi) is 4.83. The molecule has 5 rings (SSSR count). The van der Waals surface area contributed by atoms with Crippen LogP contribution in [0.5, 0.6) is 0 Å². The summed E-state index contributed by atoms with van der Waals surface area (Å²) in [6.07, 6.45) is 3.90. The number of nitrogens with zero attached hydrogens (tertiary/aromatic N) is 6. The molecule has 10 heteroatoms. The van der Waals surface area contributed by atoms with Crippen LogP contribution in [0, 0.1) is 0 Å². The summed E-state index contributed by atoms with van der Waals surface area (Å²) >= 11 is 0. The van der Waals surface area contributed by atoms with Crippen LogP contribution < -0.4 is 10.9 Å². The summed E-state index contributed by atoms with van der Waals surface area (Å²) in [5.74, 6) is 0.644. The van der Waals surface area contributed by atoms with Gasteiger partial charge < -0.3 is 15.1 Å². The van der Waals surface area contributed by atoms with Crippen molar-refractivity contribution in [3.05, 3.63) is 45.4 Å². The van der Waals surface area contributed by atoms with Gasteiger partial charge in [0.25, 0.3) is 11.5 Å². The van der Waals surface area contributed by atoms with Gasteiger partial charge in [0.2, 0.25) is 0 Å². The molecule has 1 N–H and O–H groups in total. The van der Waals surface area contributed by atoms with Crippen LogP contribution in [0.1, 0.15) is 54.3 Å². The zero-order chi connectivity index (χ0) is 22.6. The molecule has 0 radical (unpaired) electrons. The molecule has 5 heterocycles. The van der Waals surface area contributed by atoms with Crippen LogP contribution >= 0.6 is 0 Å². The number of hydrogen-bond donors (Lipinski definition) is 1. The summed E-state index contributed by atoms with van der Waals surface area (Å²) < 4.78 is 3.37. The normalized spacial score (nSPS) is 21.9. The molecule has 3 aliphatic rings. The predicted octanol–water partition coefficient (Wildman–Crippen LogP) is 0.641. The molecular weight excluding hydrogens is 410 g/mol. The van der Waals surface area contributed by atoms with Crippen molar-refractivity contribution in [1.29, 1.82) is 0 Å². The molecule has 2 aromatic rings. The fraction of sp³-hybridized carbons (Fsp3) is 0.591. The van der Waals surface area contributed by atoms with E-state index in [1.165, 1.54) is 0 Å². The summed E-state index contributed by atoms with van der Waals surface area (Å²) in [5, 5.41) is 7.16. The van der Waals surface area contributed by atoms with Crippen LogP contribution in [0.4, 0.5) is 4.79 Å². The van der Waals surface area contributed by atoms with E-state index in [2.05, 4.69) is 10.4 Å². The van der Waals surface area contributed by atoms with Gasteiger partial charge in [0.05, 0.1) is 17.8 Å². The van der Waals surface area contributed by atoms with Crippen LogP contribution in [0.15, 0.2) is 17.1 Å². The quantitative estimate of drug-likeness (QED) is 0.739. The molecule has 1 saturated heterocycles. The van der Waals surface area contributed by atoms with E-state index in [4.69, 9.17) is 4.98 Å². The van der Waals surface area contributed by atoms with E-state index in [1.807, 2.05) is 18.7 Å². The third-order valence-electron chi connectivity index (χ3n) is 6.88. The number of urea groups is 1. The highest BCUT2D eigenvalue weighted by Gasteiger charge is 2.48. The second-order valence-corrected chi connectivity index (χ2v) is 9.47. The van der Waals surface area contributed by atoms with Crippen molar-refractivity contribution in [1.82, 2.24) is 34.4 Å². The van der Waals surface area contributed by atoms with Gasteiger partial charge in [-0.1, -0.05) is 0 Å². The Morgan fingerprint density at radius 2 is 1.94 bits per heavy atom. The van der Waals surface area contributed by atoms with Crippen molar-refractivity contribution >= 4 is 11.9 Å². The number of rotatable bonds is 2. The fourth-order valence-corrected chi connectivity index (χ4v) is 5.20. The lowest BCUT2D eigenvalue weighted by molar-refractivity contribution is 0.0725. The molecule has 0 aromatic carbocycles. The standard InChI is InChI=1S/C22H29N7O3/c1-14(2)23-21(32)28-10-6-22(13-28)7-11-29-18(30)15-12-27(9-5-16(15)24-20(22)29)19(31)17-4-8-26(3)25-17/h4,8,14H,5-7,9-13H2,1-3H3,(H,23,32). The number of likely N-dealkylation sites (tertiary alicyclic amines) is 1. The molecule has 0 bridgehead atoms. The van der Waals surface area contributed by atoms with E-state index in [9.17, 15) is 14.4 Å². The van der Waals surface area contributed by atoms with Crippen molar-refractivity contribution in [3.63, 3.8) is 0 Å². The van der Waals surface area contributed by atoms with Gasteiger partial charge in [-0.25, -0.2) is 9.78 Å². The van der Waals surface area contributed by atoms with Gasteiger partial charge in [-0.3, -0.25) is 18.8 Å². The van der Waals surface area contributed by atoms with Gasteiger partial charge in [0.15, 0.2) is 0 Å². The van der Waals surface area contributed by atoms with Crippen molar-refractivity contribution in [2.24, 2.45) is 7.05 Å². The summed E-state index contributed by atoms with van der Waals surface area (Å²) in [5.41, 5.74) is 1.47. The number of nitrogens with one attached hydrogen (secondary N) is 1. The first-order valence-corrected chi connectivity index (χ1v) is 11.2. The summed E-state index contributed by atoms with van der Waals surface area (Å²) in [6, 6.07) is 1.72. The first-order chi connectivity index (χ1) is 15.3. The number of amides is 3. The zero-order valence-electron chi connectivity index (χ0n) is 18.8. The first-order valence-electron chi connectivity index (χ1n) is 11.2. The lowest BCUT2D eigenvalue weighted by Gasteiger charge is -2.29. The largest absolute Gasteiger partial charge is 0.336 e. The molecule has 2 aromatic heterocycles. The Morgan fingerprint density at radius 1 is 1.16 bits per heavy atom. The highest BCUT2D eigenvalue weighted by Crippen LogP contribution is 2.41. The minimum atomic E-state index is -0.260. The van der Waals surface area contributed by atoms with E-state index in [-0.39, 0.29) is 35.5 Å². The average molecular weight is 440 g/mol. The Bertz CT molecular complexity index is 1150. The Balaban J connectivity index is 1.40. The van der Waals surface area contributed by atoms with Crippen molar-refractivity contribution < 1.29 is 9.59 Å². The maximum absolute atomic E-state index is 13.4. The van der Waals surface area contributed by atoms with Gasteiger partial charge in [0, 0.05) is 57.3 Å². The summed E-state index contributed by atoms with van der Waals surface area (Å²) in [7, 11) is 1.77. The third kappa shape index (κ3) is 3.28. The lowest BCUT2D eigenvalue weighted by Crippen LogP contribution is -2.44.